The van der Waals surface area contributed by atoms with Crippen molar-refractivity contribution in [2.75, 3.05) is 33.2 Å². The van der Waals surface area contributed by atoms with Crippen molar-refractivity contribution in [2.45, 2.75) is 57.8 Å². The largest absolute Gasteiger partial charge is 0.335 e. The van der Waals surface area contributed by atoms with Gasteiger partial charge in [-0.3, -0.25) is 4.79 Å². The van der Waals surface area contributed by atoms with Gasteiger partial charge >= 0.3 is 6.03 Å². The van der Waals surface area contributed by atoms with E-state index in [0.717, 1.165) is 31.6 Å². The fraction of sp³-hybridized carbons (Fsp3) is 0.737. The third-order valence-corrected chi connectivity index (χ3v) is 6.26. The van der Waals surface area contributed by atoms with Crippen LogP contribution >= 0.6 is 0 Å². The van der Waals surface area contributed by atoms with Gasteiger partial charge in [0.15, 0.2) is 0 Å². The summed E-state index contributed by atoms with van der Waals surface area (Å²) in [7, 11) is 2.19. The second-order valence-corrected chi connectivity index (χ2v) is 8.23. The molecule has 27 heavy (non-hydrogen) atoms. The van der Waals surface area contributed by atoms with Crippen molar-refractivity contribution >= 4 is 6.03 Å². The zero-order valence-electron chi connectivity index (χ0n) is 16.3. The highest BCUT2D eigenvalue weighted by Gasteiger charge is 2.31. The lowest BCUT2D eigenvalue weighted by Gasteiger charge is -2.41. The minimum absolute atomic E-state index is 0.0807. The maximum Gasteiger partial charge on any atom is 0.318 e. The molecule has 4 heterocycles. The van der Waals surface area contributed by atoms with E-state index in [9.17, 15) is 9.59 Å². The minimum atomic E-state index is -0.126. The fourth-order valence-corrected chi connectivity index (χ4v) is 4.57. The summed E-state index contributed by atoms with van der Waals surface area (Å²) in [5, 5.41) is 3.17. The van der Waals surface area contributed by atoms with Gasteiger partial charge in [-0.2, -0.15) is 0 Å². The number of likely N-dealkylation sites (tertiary alicyclic amines) is 2. The zero-order valence-corrected chi connectivity index (χ0v) is 16.3. The third kappa shape index (κ3) is 4.01. The molecule has 0 saturated carbocycles. The van der Waals surface area contributed by atoms with Crippen LogP contribution in [0.2, 0.25) is 0 Å². The molecule has 2 N–H and O–H groups in total. The Morgan fingerprint density at radius 3 is 2.52 bits per heavy atom. The van der Waals surface area contributed by atoms with E-state index in [0.29, 0.717) is 30.5 Å². The molecule has 2 saturated heterocycles. The molecule has 3 aliphatic heterocycles. The Morgan fingerprint density at radius 2 is 1.81 bits per heavy atom. The van der Waals surface area contributed by atoms with E-state index in [4.69, 9.17) is 0 Å². The van der Waals surface area contributed by atoms with Gasteiger partial charge in [-0.05, 0) is 52.7 Å². The van der Waals surface area contributed by atoms with Gasteiger partial charge in [0.2, 0.25) is 0 Å². The van der Waals surface area contributed by atoms with Gasteiger partial charge in [-0.15, -0.1) is 0 Å². The Balaban J connectivity index is 1.27. The van der Waals surface area contributed by atoms with Gasteiger partial charge in [0, 0.05) is 25.2 Å². The van der Waals surface area contributed by atoms with Crippen LogP contribution in [0.5, 0.6) is 0 Å². The first-order chi connectivity index (χ1) is 13.0. The molecule has 0 bridgehead atoms. The molecule has 0 radical (unpaired) electrons. The number of carbonyl (C=O) groups is 1. The van der Waals surface area contributed by atoms with Crippen LogP contribution in [0.3, 0.4) is 0 Å². The Bertz CT molecular complexity index is 747. The van der Waals surface area contributed by atoms with Crippen LogP contribution < -0.4 is 10.9 Å². The molecule has 0 spiro atoms. The topological polar surface area (TPSA) is 84.6 Å². The standard InChI is InChI=1S/C19H30N6O2/c1-13-20-17-12-25(11-16(17)18(26)21-13)19(27)22-14-3-9-24(10-4-14)15-5-7-23(2)8-6-15/h14-15H,3-12H2,1-2H3,(H,22,27)(H,20,21,26). The summed E-state index contributed by atoms with van der Waals surface area (Å²) in [5.74, 6) is 0.599. The maximum atomic E-state index is 12.7. The van der Waals surface area contributed by atoms with Gasteiger partial charge in [-0.25, -0.2) is 9.78 Å². The van der Waals surface area contributed by atoms with Crippen LogP contribution in [0.4, 0.5) is 4.79 Å². The molecule has 8 heteroatoms. The predicted molar refractivity (Wildman–Crippen MR) is 102 cm³/mol. The van der Waals surface area contributed by atoms with Crippen LogP contribution in [0.25, 0.3) is 0 Å². The number of aromatic nitrogens is 2. The molecule has 2 fully saturated rings. The second kappa shape index (κ2) is 7.59. The number of piperidine rings is 2. The molecule has 2 amide bonds. The minimum Gasteiger partial charge on any atom is -0.335 e. The van der Waals surface area contributed by atoms with Gasteiger partial charge in [0.1, 0.15) is 5.82 Å². The van der Waals surface area contributed by atoms with Crippen molar-refractivity contribution in [2.24, 2.45) is 0 Å². The number of carbonyl (C=O) groups excluding carboxylic acids is 1. The normalized spacial score (nSPS) is 22.8. The molecule has 1 aromatic rings. The lowest BCUT2D eigenvalue weighted by molar-refractivity contribution is 0.0919. The van der Waals surface area contributed by atoms with Crippen molar-refractivity contribution in [1.82, 2.24) is 30.0 Å². The quantitative estimate of drug-likeness (QED) is 0.795. The number of aromatic amines is 1. The summed E-state index contributed by atoms with van der Waals surface area (Å²) in [4.78, 5) is 38.5. The summed E-state index contributed by atoms with van der Waals surface area (Å²) < 4.78 is 0. The van der Waals surface area contributed by atoms with Crippen LogP contribution in [-0.2, 0) is 13.1 Å². The number of fused-ring (bicyclic) bond motifs is 1. The SMILES string of the molecule is Cc1nc2c(c(=O)[nH]1)CN(C(=O)NC1CCN(C3CCN(C)CC3)CC1)C2. The summed E-state index contributed by atoms with van der Waals surface area (Å²) in [6.45, 7) is 7.01. The first-order valence-electron chi connectivity index (χ1n) is 10.1. The van der Waals surface area contributed by atoms with Crippen molar-refractivity contribution in [3.8, 4) is 0 Å². The number of nitrogens with one attached hydrogen (secondary N) is 2. The molecule has 1 aromatic heterocycles. The molecule has 4 rings (SSSR count). The summed E-state index contributed by atoms with van der Waals surface area (Å²) in [6.07, 6.45) is 4.49. The van der Waals surface area contributed by atoms with Gasteiger partial charge in [-0.1, -0.05) is 0 Å². The first-order valence-corrected chi connectivity index (χ1v) is 10.1. The van der Waals surface area contributed by atoms with E-state index >= 15 is 0 Å². The summed E-state index contributed by atoms with van der Waals surface area (Å²) in [6, 6.07) is 0.839. The van der Waals surface area contributed by atoms with Crippen molar-refractivity contribution in [1.29, 1.82) is 0 Å². The van der Waals surface area contributed by atoms with Crippen molar-refractivity contribution in [3.63, 3.8) is 0 Å². The molecule has 3 aliphatic rings. The molecular weight excluding hydrogens is 344 g/mol. The number of nitrogens with zero attached hydrogens (tertiary/aromatic N) is 4. The molecule has 0 aromatic carbocycles. The number of H-pyrrole nitrogens is 1. The monoisotopic (exact) mass is 374 g/mol. The number of rotatable bonds is 2. The average molecular weight is 374 g/mol. The molecule has 8 nitrogen and oxygen atoms in total. The van der Waals surface area contributed by atoms with Crippen LogP contribution in [-0.4, -0.2) is 76.0 Å². The van der Waals surface area contributed by atoms with Crippen LogP contribution in [0.1, 0.15) is 42.8 Å². The number of hydrogen-bond acceptors (Lipinski definition) is 5. The zero-order chi connectivity index (χ0) is 19.0. The lowest BCUT2D eigenvalue weighted by Crippen LogP contribution is -2.52. The Morgan fingerprint density at radius 1 is 1.11 bits per heavy atom. The highest BCUT2D eigenvalue weighted by atomic mass is 16.2. The molecule has 148 valence electrons. The second-order valence-electron chi connectivity index (χ2n) is 8.23. The molecule has 0 atom stereocenters. The van der Waals surface area contributed by atoms with E-state index in [2.05, 4.69) is 32.1 Å². The molecule has 0 aliphatic carbocycles. The maximum absolute atomic E-state index is 12.7. The van der Waals surface area contributed by atoms with E-state index < -0.39 is 0 Å². The summed E-state index contributed by atoms with van der Waals surface area (Å²) in [5.41, 5.74) is 1.22. The van der Waals surface area contributed by atoms with E-state index in [1.54, 1.807) is 11.8 Å². The van der Waals surface area contributed by atoms with Crippen LogP contribution in [0, 0.1) is 6.92 Å². The smallest absolute Gasteiger partial charge is 0.318 e. The van der Waals surface area contributed by atoms with E-state index in [1.807, 2.05) is 0 Å². The van der Waals surface area contributed by atoms with E-state index in [1.165, 1.54) is 25.9 Å². The van der Waals surface area contributed by atoms with Crippen LogP contribution in [0.15, 0.2) is 4.79 Å². The van der Waals surface area contributed by atoms with Crippen molar-refractivity contribution < 1.29 is 4.79 Å². The number of hydrogen-bond donors (Lipinski definition) is 2. The summed E-state index contributed by atoms with van der Waals surface area (Å²) >= 11 is 0. The van der Waals surface area contributed by atoms with Gasteiger partial charge in [0.05, 0.1) is 24.3 Å². The number of urea groups is 1. The molecular formula is C19H30N6O2. The Labute approximate surface area is 159 Å². The Kier molecular flexibility index (Phi) is 5.19. The van der Waals surface area contributed by atoms with Gasteiger partial charge < -0.3 is 25.0 Å². The highest BCUT2D eigenvalue weighted by molar-refractivity contribution is 5.75. The lowest BCUT2D eigenvalue weighted by atomic mass is 9.98. The number of amides is 2. The fourth-order valence-electron chi connectivity index (χ4n) is 4.57. The third-order valence-electron chi connectivity index (χ3n) is 6.26. The first kappa shape index (κ1) is 18.4. The highest BCUT2D eigenvalue weighted by Crippen LogP contribution is 2.22. The van der Waals surface area contributed by atoms with E-state index in [-0.39, 0.29) is 17.6 Å². The predicted octanol–water partition coefficient (Wildman–Crippen LogP) is 0.662. The van der Waals surface area contributed by atoms with Gasteiger partial charge in [0.25, 0.3) is 5.56 Å². The number of aryl methyl sites for hydroxylation is 1. The Hall–Kier alpha value is -1.93. The van der Waals surface area contributed by atoms with Crippen molar-refractivity contribution in [3.05, 3.63) is 27.4 Å². The average Bonchev–Trinajstić information content (AvgIpc) is 3.08. The molecule has 0 unspecified atom stereocenters.